The van der Waals surface area contributed by atoms with Gasteiger partial charge in [0.05, 0.1) is 0 Å². The molecule has 5 heteroatoms. The van der Waals surface area contributed by atoms with E-state index < -0.39 is 11.6 Å². The van der Waals surface area contributed by atoms with Crippen LogP contribution in [-0.2, 0) is 0 Å². The molecule has 0 aliphatic carbocycles. The van der Waals surface area contributed by atoms with Gasteiger partial charge in [-0.3, -0.25) is 0 Å². The van der Waals surface area contributed by atoms with Crippen LogP contribution in [0.15, 0.2) is 36.4 Å². The van der Waals surface area contributed by atoms with Crippen molar-refractivity contribution in [3.05, 3.63) is 53.6 Å². The van der Waals surface area contributed by atoms with Gasteiger partial charge in [0, 0.05) is 0 Å². The van der Waals surface area contributed by atoms with Gasteiger partial charge in [0.2, 0.25) is 0 Å². The van der Waals surface area contributed by atoms with E-state index in [4.69, 9.17) is 0 Å². The van der Waals surface area contributed by atoms with Crippen LogP contribution in [0, 0.1) is 11.6 Å². The Kier molecular flexibility index (Phi) is 3.98. The molecule has 2 rings (SSSR count). The van der Waals surface area contributed by atoms with Crippen LogP contribution in [-0.4, -0.2) is 24.7 Å². The third-order valence-corrected chi connectivity index (χ3v) is 3.88. The van der Waals surface area contributed by atoms with Crippen molar-refractivity contribution in [2.45, 2.75) is 5.82 Å². The second-order valence-corrected chi connectivity index (χ2v) is 5.48. The second-order valence-electron chi connectivity index (χ2n) is 3.85. The molecule has 0 saturated heterocycles. The number of phenols is 1. The van der Waals surface area contributed by atoms with Crippen molar-refractivity contribution < 1.29 is 18.7 Å². The quantitative estimate of drug-likeness (QED) is 0.879. The maximum atomic E-state index is 13.7. The Hall–Kier alpha value is -1.71. The Balaban J connectivity index is 2.54. The number of phenolic OH excluding ortho intramolecular Hbond substituents is 1. The van der Waals surface area contributed by atoms with Gasteiger partial charge in [-0.1, -0.05) is 0 Å². The van der Waals surface area contributed by atoms with E-state index in [1.54, 1.807) is 5.82 Å². The number of halogens is 2. The Morgan fingerprint density at radius 3 is 2.53 bits per heavy atom. The van der Waals surface area contributed by atoms with Crippen LogP contribution in [0.5, 0.6) is 5.75 Å². The molecule has 0 aromatic heterocycles. The van der Waals surface area contributed by atoms with E-state index in [0.717, 1.165) is 12.1 Å². The molecule has 2 aromatic carbocycles. The second kappa shape index (κ2) is 5.51. The summed E-state index contributed by atoms with van der Waals surface area (Å²) in [6.07, 6.45) is 0. The minimum atomic E-state index is -0.703. The molecule has 0 unspecified atom stereocenters. The van der Waals surface area contributed by atoms with Crippen LogP contribution in [0.1, 0.15) is 10.4 Å². The van der Waals surface area contributed by atoms with E-state index in [1.807, 2.05) is 0 Å². The van der Waals surface area contributed by atoms with Gasteiger partial charge >= 0.3 is 115 Å². The maximum absolute atomic E-state index is 13.7. The first-order valence-electron chi connectivity index (χ1n) is 5.39. The van der Waals surface area contributed by atoms with Crippen LogP contribution >= 0.6 is 0 Å². The Bertz CT molecular complexity index is 641. The van der Waals surface area contributed by atoms with Gasteiger partial charge in [0.1, 0.15) is 0 Å². The zero-order valence-corrected chi connectivity index (χ0v) is 11.7. The topological polar surface area (TPSA) is 37.3 Å². The third kappa shape index (κ3) is 2.83. The standard InChI is InChI=1S/C14H10F2O2Se/c1-19-14(18)11-6-8(2-5-13(11)17)10-4-3-9(15)7-12(10)16/h2-7,17H,1H3. The van der Waals surface area contributed by atoms with Crippen molar-refractivity contribution in [1.29, 1.82) is 0 Å². The number of hydrogen-bond donors (Lipinski definition) is 1. The molecular formula is C14H10F2O2Se. The number of carbonyl (C=O) groups is 1. The van der Waals surface area contributed by atoms with Crippen molar-refractivity contribution >= 4 is 19.6 Å². The first-order chi connectivity index (χ1) is 9.02. The van der Waals surface area contributed by atoms with E-state index >= 15 is 0 Å². The van der Waals surface area contributed by atoms with Gasteiger partial charge in [-0.2, -0.15) is 0 Å². The van der Waals surface area contributed by atoms with Gasteiger partial charge in [0.15, 0.2) is 0 Å². The zero-order valence-electron chi connectivity index (χ0n) is 9.98. The fraction of sp³-hybridized carbons (Fsp3) is 0.0714. The normalized spacial score (nSPS) is 10.5. The average Bonchev–Trinajstić information content (AvgIpc) is 2.39. The van der Waals surface area contributed by atoms with Gasteiger partial charge in [-0.15, -0.1) is 0 Å². The first-order valence-corrected chi connectivity index (χ1v) is 7.96. The molecule has 0 atom stereocenters. The molecule has 0 amide bonds. The van der Waals surface area contributed by atoms with Gasteiger partial charge in [-0.25, -0.2) is 0 Å². The minimum absolute atomic E-state index is 0.125. The Morgan fingerprint density at radius 1 is 1.16 bits per heavy atom. The summed E-state index contributed by atoms with van der Waals surface area (Å²) in [5.74, 6) is 0.249. The Labute approximate surface area is 115 Å². The fourth-order valence-electron chi connectivity index (χ4n) is 1.70. The molecule has 19 heavy (non-hydrogen) atoms. The van der Waals surface area contributed by atoms with Crippen molar-refractivity contribution in [2.75, 3.05) is 0 Å². The fourth-order valence-corrected chi connectivity index (χ4v) is 2.51. The molecule has 0 bridgehead atoms. The summed E-state index contributed by atoms with van der Waals surface area (Å²) in [5.41, 5.74) is 0.797. The average molecular weight is 327 g/mol. The van der Waals surface area contributed by atoms with Crippen LogP contribution in [0.25, 0.3) is 11.1 Å². The van der Waals surface area contributed by atoms with Crippen molar-refractivity contribution in [3.8, 4) is 16.9 Å². The Morgan fingerprint density at radius 2 is 1.89 bits per heavy atom. The number of aromatic hydroxyl groups is 1. The molecule has 1 N–H and O–H groups in total. The van der Waals surface area contributed by atoms with Crippen molar-refractivity contribution in [2.24, 2.45) is 0 Å². The monoisotopic (exact) mass is 328 g/mol. The predicted octanol–water partition coefficient (Wildman–Crippen LogP) is 3.23. The zero-order chi connectivity index (χ0) is 14.0. The molecule has 0 aliphatic heterocycles. The van der Waals surface area contributed by atoms with Gasteiger partial charge in [-0.05, 0) is 0 Å². The van der Waals surface area contributed by atoms with Gasteiger partial charge in [0.25, 0.3) is 0 Å². The molecule has 0 heterocycles. The summed E-state index contributed by atoms with van der Waals surface area (Å²) in [7, 11) is 0. The molecule has 0 radical (unpaired) electrons. The van der Waals surface area contributed by atoms with Crippen molar-refractivity contribution in [3.63, 3.8) is 0 Å². The molecule has 0 spiro atoms. The first kappa shape index (κ1) is 13.7. The molecule has 2 nitrogen and oxygen atoms in total. The van der Waals surface area contributed by atoms with Gasteiger partial charge < -0.3 is 0 Å². The molecular weight excluding hydrogens is 317 g/mol. The molecule has 0 fully saturated rings. The summed E-state index contributed by atoms with van der Waals surface area (Å²) >= 11 is -0.294. The van der Waals surface area contributed by atoms with E-state index in [-0.39, 0.29) is 36.5 Å². The SMILES string of the molecule is C[Se]C(=O)c1cc(-c2ccc(F)cc2F)ccc1O. The van der Waals surface area contributed by atoms with Crippen LogP contribution < -0.4 is 0 Å². The summed E-state index contributed by atoms with van der Waals surface area (Å²) in [4.78, 5) is 11.7. The number of benzene rings is 2. The van der Waals surface area contributed by atoms with Crippen LogP contribution in [0.4, 0.5) is 8.78 Å². The van der Waals surface area contributed by atoms with E-state index in [0.29, 0.717) is 5.56 Å². The molecule has 0 aliphatic rings. The van der Waals surface area contributed by atoms with E-state index in [2.05, 4.69) is 0 Å². The summed E-state index contributed by atoms with van der Waals surface area (Å²) < 4.78 is 26.4. The van der Waals surface area contributed by atoms with Crippen molar-refractivity contribution in [1.82, 2.24) is 0 Å². The summed E-state index contributed by atoms with van der Waals surface area (Å²) in [6, 6.07) is 7.51. The number of rotatable bonds is 3. The molecule has 0 saturated carbocycles. The van der Waals surface area contributed by atoms with Crippen LogP contribution in [0.2, 0.25) is 5.82 Å². The number of carbonyl (C=O) groups excluding carboxylic acids is 1. The summed E-state index contributed by atoms with van der Waals surface area (Å²) in [6.45, 7) is 0. The van der Waals surface area contributed by atoms with E-state index in [9.17, 15) is 18.7 Å². The molecule has 2 aromatic rings. The van der Waals surface area contributed by atoms with Crippen LogP contribution in [0.3, 0.4) is 0 Å². The predicted molar refractivity (Wildman–Crippen MR) is 69.4 cm³/mol. The molecule has 98 valence electrons. The number of hydrogen-bond acceptors (Lipinski definition) is 2. The summed E-state index contributed by atoms with van der Waals surface area (Å²) in [5, 5.41) is 9.63. The third-order valence-electron chi connectivity index (χ3n) is 2.64. The van der Waals surface area contributed by atoms with E-state index in [1.165, 1.54) is 24.3 Å².